The van der Waals surface area contributed by atoms with Crippen LogP contribution < -0.4 is 4.74 Å². The van der Waals surface area contributed by atoms with E-state index in [4.69, 9.17) is 4.74 Å². The molecule has 0 radical (unpaired) electrons. The zero-order valence-corrected chi connectivity index (χ0v) is 7.49. The molecular weight excluding hydrogens is 185 g/mol. The van der Waals surface area contributed by atoms with Crippen LogP contribution in [0.5, 0.6) is 5.75 Å². The third-order valence-electron chi connectivity index (χ3n) is 1.85. The first-order valence-electron chi connectivity index (χ1n) is 4.01. The Morgan fingerprint density at radius 2 is 2.29 bits per heavy atom. The van der Waals surface area contributed by atoms with Crippen LogP contribution in [0.4, 0.5) is 4.39 Å². The van der Waals surface area contributed by atoms with E-state index in [1.54, 1.807) is 6.07 Å². The third kappa shape index (κ3) is 1.44. The Hall–Kier alpha value is -1.91. The van der Waals surface area contributed by atoms with Crippen molar-refractivity contribution in [3.05, 3.63) is 30.2 Å². The van der Waals surface area contributed by atoms with Crippen LogP contribution in [-0.2, 0) is 0 Å². The normalized spacial score (nSPS) is 10.1. The number of hydrogen-bond acceptors (Lipinski definition) is 3. The van der Waals surface area contributed by atoms with Crippen LogP contribution in [0, 0.1) is 5.82 Å². The lowest BCUT2D eigenvalue weighted by Crippen LogP contribution is -1.89. The fourth-order valence-electron chi connectivity index (χ4n) is 1.21. The van der Waals surface area contributed by atoms with Gasteiger partial charge >= 0.3 is 0 Å². The van der Waals surface area contributed by atoms with Crippen LogP contribution in [0.15, 0.2) is 24.4 Å². The van der Waals surface area contributed by atoms with Gasteiger partial charge in [0.1, 0.15) is 17.3 Å². The van der Waals surface area contributed by atoms with E-state index in [1.165, 1.54) is 25.4 Å². The number of rotatable bonds is 2. The number of benzene rings is 1. The number of nitrogens with zero attached hydrogens (tertiary/aromatic N) is 2. The Morgan fingerprint density at radius 1 is 1.43 bits per heavy atom. The van der Waals surface area contributed by atoms with Crippen molar-refractivity contribution in [1.29, 1.82) is 0 Å². The SMILES string of the molecule is COc1ccc(F)cc1-c1cn[nH]n1. The molecule has 0 bridgehead atoms. The molecule has 0 spiro atoms. The second-order valence-electron chi connectivity index (χ2n) is 2.70. The van der Waals surface area contributed by atoms with Gasteiger partial charge in [-0.1, -0.05) is 0 Å². The average Bonchev–Trinajstić information content (AvgIpc) is 2.70. The largest absolute Gasteiger partial charge is 0.496 e. The molecule has 5 heteroatoms. The Kier molecular flexibility index (Phi) is 2.14. The molecule has 2 aromatic rings. The van der Waals surface area contributed by atoms with Crippen LogP contribution in [0.2, 0.25) is 0 Å². The Bertz CT molecular complexity index is 428. The van der Waals surface area contributed by atoms with Gasteiger partial charge in [-0.3, -0.25) is 0 Å². The summed E-state index contributed by atoms with van der Waals surface area (Å²) in [5, 5.41) is 9.96. The molecule has 0 saturated heterocycles. The molecular formula is C9H8FN3O. The van der Waals surface area contributed by atoms with E-state index >= 15 is 0 Å². The summed E-state index contributed by atoms with van der Waals surface area (Å²) in [5.41, 5.74) is 1.14. The molecule has 4 nitrogen and oxygen atoms in total. The molecule has 1 N–H and O–H groups in total. The molecule has 72 valence electrons. The fraction of sp³-hybridized carbons (Fsp3) is 0.111. The van der Waals surface area contributed by atoms with E-state index in [-0.39, 0.29) is 5.82 Å². The maximum absolute atomic E-state index is 13.0. The van der Waals surface area contributed by atoms with Gasteiger partial charge in [0.15, 0.2) is 0 Å². The smallest absolute Gasteiger partial charge is 0.128 e. The third-order valence-corrected chi connectivity index (χ3v) is 1.85. The summed E-state index contributed by atoms with van der Waals surface area (Å²) >= 11 is 0. The topological polar surface area (TPSA) is 50.8 Å². The highest BCUT2D eigenvalue weighted by molar-refractivity contribution is 5.66. The van der Waals surface area contributed by atoms with Gasteiger partial charge in [0.05, 0.1) is 13.3 Å². The highest BCUT2D eigenvalue weighted by Crippen LogP contribution is 2.28. The first kappa shape index (κ1) is 8.68. The fourth-order valence-corrected chi connectivity index (χ4v) is 1.21. The first-order valence-corrected chi connectivity index (χ1v) is 4.01. The molecule has 14 heavy (non-hydrogen) atoms. The summed E-state index contributed by atoms with van der Waals surface area (Å²) in [4.78, 5) is 0. The molecule has 0 unspecified atom stereocenters. The second-order valence-corrected chi connectivity index (χ2v) is 2.70. The van der Waals surface area contributed by atoms with E-state index in [0.717, 1.165) is 0 Å². The minimum Gasteiger partial charge on any atom is -0.496 e. The molecule has 0 saturated carbocycles. The van der Waals surface area contributed by atoms with Crippen molar-refractivity contribution in [2.45, 2.75) is 0 Å². The van der Waals surface area contributed by atoms with E-state index in [1.807, 2.05) is 0 Å². The lowest BCUT2D eigenvalue weighted by atomic mass is 10.1. The predicted molar refractivity (Wildman–Crippen MR) is 48.3 cm³/mol. The number of H-pyrrole nitrogens is 1. The van der Waals surface area contributed by atoms with Crippen molar-refractivity contribution >= 4 is 0 Å². The van der Waals surface area contributed by atoms with Crippen LogP contribution in [0.3, 0.4) is 0 Å². The zero-order chi connectivity index (χ0) is 9.97. The number of hydrogen-bond donors (Lipinski definition) is 1. The molecule has 1 aromatic heterocycles. The average molecular weight is 193 g/mol. The monoisotopic (exact) mass is 193 g/mol. The molecule has 1 aromatic carbocycles. The Balaban J connectivity index is 2.55. The summed E-state index contributed by atoms with van der Waals surface area (Å²) in [7, 11) is 1.52. The summed E-state index contributed by atoms with van der Waals surface area (Å²) in [6, 6.07) is 4.25. The van der Waals surface area contributed by atoms with Gasteiger partial charge in [0.25, 0.3) is 0 Å². The van der Waals surface area contributed by atoms with Crippen molar-refractivity contribution < 1.29 is 9.13 Å². The minimum absolute atomic E-state index is 0.330. The lowest BCUT2D eigenvalue weighted by Gasteiger charge is -2.04. The summed E-state index contributed by atoms with van der Waals surface area (Å²) in [5.74, 6) is 0.240. The summed E-state index contributed by atoms with van der Waals surface area (Å²) in [6.45, 7) is 0. The molecule has 2 rings (SSSR count). The van der Waals surface area contributed by atoms with Crippen molar-refractivity contribution in [3.63, 3.8) is 0 Å². The molecule has 0 aliphatic heterocycles. The van der Waals surface area contributed by atoms with E-state index in [2.05, 4.69) is 15.4 Å². The van der Waals surface area contributed by atoms with Crippen molar-refractivity contribution in [2.75, 3.05) is 7.11 Å². The van der Waals surface area contributed by atoms with Crippen LogP contribution in [0.25, 0.3) is 11.3 Å². The number of nitrogens with one attached hydrogen (secondary N) is 1. The predicted octanol–water partition coefficient (Wildman–Crippen LogP) is 1.62. The maximum atomic E-state index is 13.0. The quantitative estimate of drug-likeness (QED) is 0.788. The molecule has 0 fully saturated rings. The minimum atomic E-state index is -0.330. The van der Waals surface area contributed by atoms with Crippen molar-refractivity contribution in [3.8, 4) is 17.0 Å². The second kappa shape index (κ2) is 3.45. The number of aromatic nitrogens is 3. The maximum Gasteiger partial charge on any atom is 0.128 e. The van der Waals surface area contributed by atoms with E-state index in [0.29, 0.717) is 17.0 Å². The highest BCUT2D eigenvalue weighted by atomic mass is 19.1. The van der Waals surface area contributed by atoms with Crippen LogP contribution in [-0.4, -0.2) is 22.5 Å². The molecule has 0 amide bonds. The molecule has 0 atom stereocenters. The summed E-state index contributed by atoms with van der Waals surface area (Å²) in [6.07, 6.45) is 1.51. The highest BCUT2D eigenvalue weighted by Gasteiger charge is 2.08. The summed E-state index contributed by atoms with van der Waals surface area (Å²) < 4.78 is 18.0. The Morgan fingerprint density at radius 3 is 2.93 bits per heavy atom. The molecule has 1 heterocycles. The first-order chi connectivity index (χ1) is 6.81. The Labute approximate surface area is 79.7 Å². The van der Waals surface area contributed by atoms with Gasteiger partial charge in [0.2, 0.25) is 0 Å². The van der Waals surface area contributed by atoms with Crippen LogP contribution in [0.1, 0.15) is 0 Å². The number of aromatic amines is 1. The van der Waals surface area contributed by atoms with Gasteiger partial charge in [-0.05, 0) is 18.2 Å². The number of halogens is 1. The van der Waals surface area contributed by atoms with Crippen molar-refractivity contribution in [2.24, 2.45) is 0 Å². The van der Waals surface area contributed by atoms with Gasteiger partial charge in [-0.25, -0.2) is 4.39 Å². The molecule has 0 aliphatic carbocycles. The van der Waals surface area contributed by atoms with Gasteiger partial charge in [-0.15, -0.1) is 0 Å². The lowest BCUT2D eigenvalue weighted by molar-refractivity contribution is 0.415. The standard InChI is InChI=1S/C9H8FN3O/c1-14-9-3-2-6(10)4-7(9)8-5-11-13-12-8/h2-5H,1H3,(H,11,12,13). The zero-order valence-electron chi connectivity index (χ0n) is 7.49. The van der Waals surface area contributed by atoms with Gasteiger partial charge in [-0.2, -0.15) is 15.4 Å². The van der Waals surface area contributed by atoms with E-state index < -0.39 is 0 Å². The van der Waals surface area contributed by atoms with Gasteiger partial charge in [0, 0.05) is 5.56 Å². The number of ether oxygens (including phenoxy) is 1. The van der Waals surface area contributed by atoms with Crippen molar-refractivity contribution in [1.82, 2.24) is 15.4 Å². The van der Waals surface area contributed by atoms with E-state index in [9.17, 15) is 4.39 Å². The van der Waals surface area contributed by atoms with Gasteiger partial charge < -0.3 is 4.74 Å². The number of methoxy groups -OCH3 is 1. The van der Waals surface area contributed by atoms with Crippen LogP contribution >= 0.6 is 0 Å². The molecule has 0 aliphatic rings.